The number of allylic oxidation sites excluding steroid dienone is 1. The van der Waals surface area contributed by atoms with Crippen LogP contribution in [0.25, 0.3) is 0 Å². The lowest BCUT2D eigenvalue weighted by Gasteiger charge is -2.05. The third-order valence-electron chi connectivity index (χ3n) is 3.22. The van der Waals surface area contributed by atoms with Crippen molar-refractivity contribution in [1.82, 2.24) is 0 Å². The zero-order chi connectivity index (χ0) is 18.9. The third kappa shape index (κ3) is 5.27. The van der Waals surface area contributed by atoms with E-state index in [2.05, 4.69) is 15.5 Å². The number of rotatable bonds is 6. The van der Waals surface area contributed by atoms with Gasteiger partial charge in [-0.15, -0.1) is 5.11 Å². The molecule has 2 rings (SSSR count). The molecule has 2 aromatic rings. The fraction of sp³-hybridized carbons (Fsp3) is 0.158. The van der Waals surface area contributed by atoms with Crippen molar-refractivity contribution in [3.8, 4) is 0 Å². The summed E-state index contributed by atoms with van der Waals surface area (Å²) in [6, 6.07) is 15.5. The summed E-state index contributed by atoms with van der Waals surface area (Å²) in [7, 11) is 0. The number of azo groups is 1. The minimum atomic E-state index is -0.769. The van der Waals surface area contributed by atoms with Crippen LogP contribution in [0.15, 0.2) is 76.3 Å². The highest BCUT2D eigenvalue weighted by Gasteiger charge is 2.14. The van der Waals surface area contributed by atoms with Gasteiger partial charge in [-0.25, -0.2) is 4.79 Å². The van der Waals surface area contributed by atoms with E-state index in [1.807, 2.05) is 18.2 Å². The number of nitrogens with one attached hydrogen (secondary N) is 1. The van der Waals surface area contributed by atoms with Crippen LogP contribution in [-0.4, -0.2) is 23.6 Å². The molecule has 0 bridgehead atoms. The number of carbonyl (C=O) groups excluding carboxylic acids is 2. The highest BCUT2D eigenvalue weighted by atomic mass is 16.5. The molecule has 0 fully saturated rings. The first-order chi connectivity index (χ1) is 12.5. The van der Waals surface area contributed by atoms with E-state index < -0.39 is 5.97 Å². The van der Waals surface area contributed by atoms with Gasteiger partial charge in [0.1, 0.15) is 5.76 Å². The highest BCUT2D eigenvalue weighted by Crippen LogP contribution is 2.18. The number of para-hydroxylation sites is 1. The Morgan fingerprint density at radius 3 is 2.50 bits per heavy atom. The number of aliphatic hydroxyl groups is 1. The Labute approximate surface area is 151 Å². The van der Waals surface area contributed by atoms with Gasteiger partial charge in [-0.2, -0.15) is 5.11 Å². The highest BCUT2D eigenvalue weighted by molar-refractivity contribution is 6.04. The Morgan fingerprint density at radius 2 is 1.85 bits per heavy atom. The molecule has 26 heavy (non-hydrogen) atoms. The monoisotopic (exact) mass is 353 g/mol. The molecule has 7 heteroatoms. The van der Waals surface area contributed by atoms with Gasteiger partial charge in [0.25, 0.3) is 5.91 Å². The van der Waals surface area contributed by atoms with Crippen LogP contribution in [0.5, 0.6) is 0 Å². The Bertz CT molecular complexity index is 841. The van der Waals surface area contributed by atoms with Gasteiger partial charge in [-0.3, -0.25) is 4.79 Å². The SMILES string of the molecule is CCOC(=O)/C(N=Nc1cccc(C(=O)Nc2ccccc2)c1)=C(/C)O. The summed E-state index contributed by atoms with van der Waals surface area (Å²) >= 11 is 0. The summed E-state index contributed by atoms with van der Waals surface area (Å²) < 4.78 is 4.81. The molecule has 0 spiro atoms. The van der Waals surface area contributed by atoms with Crippen LogP contribution in [0.2, 0.25) is 0 Å². The summed E-state index contributed by atoms with van der Waals surface area (Å²) in [4.78, 5) is 24.0. The predicted molar refractivity (Wildman–Crippen MR) is 97.3 cm³/mol. The van der Waals surface area contributed by atoms with Crippen molar-refractivity contribution in [2.45, 2.75) is 13.8 Å². The van der Waals surface area contributed by atoms with E-state index in [0.29, 0.717) is 16.9 Å². The van der Waals surface area contributed by atoms with Crippen molar-refractivity contribution in [2.75, 3.05) is 11.9 Å². The van der Waals surface area contributed by atoms with Crippen LogP contribution in [0.1, 0.15) is 24.2 Å². The van der Waals surface area contributed by atoms with Gasteiger partial charge < -0.3 is 15.2 Å². The molecule has 7 nitrogen and oxygen atoms in total. The van der Waals surface area contributed by atoms with Crippen LogP contribution < -0.4 is 5.32 Å². The number of benzene rings is 2. The minimum absolute atomic E-state index is 0.153. The van der Waals surface area contributed by atoms with E-state index in [-0.39, 0.29) is 24.0 Å². The zero-order valence-electron chi connectivity index (χ0n) is 14.5. The second kappa shape index (κ2) is 9.12. The van der Waals surface area contributed by atoms with Crippen LogP contribution in [0.4, 0.5) is 11.4 Å². The van der Waals surface area contributed by atoms with Crippen LogP contribution in [-0.2, 0) is 9.53 Å². The number of nitrogens with zero attached hydrogens (tertiary/aromatic N) is 2. The normalized spacial score (nSPS) is 11.8. The average molecular weight is 353 g/mol. The van der Waals surface area contributed by atoms with Gasteiger partial charge >= 0.3 is 5.97 Å². The predicted octanol–water partition coefficient (Wildman–Crippen LogP) is 4.38. The summed E-state index contributed by atoms with van der Waals surface area (Å²) in [5.41, 5.74) is 1.13. The van der Waals surface area contributed by atoms with E-state index in [9.17, 15) is 14.7 Å². The number of amides is 1. The fourth-order valence-corrected chi connectivity index (χ4v) is 2.00. The Balaban J connectivity index is 2.17. The molecule has 0 aromatic heterocycles. The first-order valence-electron chi connectivity index (χ1n) is 7.96. The van der Waals surface area contributed by atoms with Crippen molar-refractivity contribution in [2.24, 2.45) is 10.2 Å². The topological polar surface area (TPSA) is 100 Å². The van der Waals surface area contributed by atoms with E-state index in [1.165, 1.54) is 13.0 Å². The molecule has 0 heterocycles. The Kier molecular flexibility index (Phi) is 6.61. The van der Waals surface area contributed by atoms with Gasteiger partial charge in [0.2, 0.25) is 5.70 Å². The molecule has 0 radical (unpaired) electrons. The lowest BCUT2D eigenvalue weighted by molar-refractivity contribution is -0.138. The molecule has 0 aliphatic heterocycles. The molecule has 1 amide bonds. The molecule has 0 saturated carbocycles. The molecule has 0 aliphatic carbocycles. The fourth-order valence-electron chi connectivity index (χ4n) is 2.00. The summed E-state index contributed by atoms with van der Waals surface area (Å²) in [5.74, 6) is -1.37. The van der Waals surface area contributed by atoms with E-state index in [0.717, 1.165) is 0 Å². The number of hydrogen-bond acceptors (Lipinski definition) is 6. The summed E-state index contributed by atoms with van der Waals surface area (Å²) in [6.07, 6.45) is 0. The quantitative estimate of drug-likeness (QED) is 0.348. The lowest BCUT2D eigenvalue weighted by Crippen LogP contribution is -2.11. The van der Waals surface area contributed by atoms with E-state index in [4.69, 9.17) is 4.74 Å². The molecule has 0 saturated heterocycles. The van der Waals surface area contributed by atoms with Gasteiger partial charge in [-0.1, -0.05) is 24.3 Å². The van der Waals surface area contributed by atoms with Crippen LogP contribution in [0.3, 0.4) is 0 Å². The maximum absolute atomic E-state index is 12.3. The second-order valence-electron chi connectivity index (χ2n) is 5.22. The molecule has 0 aliphatic rings. The first-order valence-corrected chi connectivity index (χ1v) is 7.96. The van der Waals surface area contributed by atoms with Crippen molar-refractivity contribution in [3.63, 3.8) is 0 Å². The number of esters is 1. The molecule has 0 unspecified atom stereocenters. The number of ether oxygens (including phenoxy) is 1. The van der Waals surface area contributed by atoms with Gasteiger partial charge in [-0.05, 0) is 44.2 Å². The molecule has 2 aromatic carbocycles. The summed E-state index contributed by atoms with van der Waals surface area (Å²) in [5, 5.41) is 20.0. The molecule has 2 N–H and O–H groups in total. The van der Waals surface area contributed by atoms with E-state index in [1.54, 1.807) is 37.3 Å². The zero-order valence-corrected chi connectivity index (χ0v) is 14.5. The number of carbonyl (C=O) groups is 2. The number of anilines is 1. The van der Waals surface area contributed by atoms with Crippen molar-refractivity contribution >= 4 is 23.3 Å². The van der Waals surface area contributed by atoms with Gasteiger partial charge in [0.15, 0.2) is 0 Å². The van der Waals surface area contributed by atoms with Crippen LogP contribution >= 0.6 is 0 Å². The molecular weight excluding hydrogens is 334 g/mol. The Morgan fingerprint density at radius 1 is 1.12 bits per heavy atom. The smallest absolute Gasteiger partial charge is 0.362 e. The second-order valence-corrected chi connectivity index (χ2v) is 5.22. The first kappa shape index (κ1) is 18.9. The molecular formula is C19H19N3O4. The molecule has 0 atom stereocenters. The lowest BCUT2D eigenvalue weighted by atomic mass is 10.2. The average Bonchev–Trinajstić information content (AvgIpc) is 2.63. The Hall–Kier alpha value is -3.48. The molecule has 134 valence electrons. The maximum Gasteiger partial charge on any atom is 0.362 e. The number of hydrogen-bond donors (Lipinski definition) is 2. The van der Waals surface area contributed by atoms with Crippen molar-refractivity contribution < 1.29 is 19.4 Å². The largest absolute Gasteiger partial charge is 0.510 e. The van der Waals surface area contributed by atoms with Crippen molar-refractivity contribution in [1.29, 1.82) is 0 Å². The number of aliphatic hydroxyl groups excluding tert-OH is 1. The van der Waals surface area contributed by atoms with Crippen molar-refractivity contribution in [3.05, 3.63) is 71.6 Å². The van der Waals surface area contributed by atoms with E-state index >= 15 is 0 Å². The van der Waals surface area contributed by atoms with Gasteiger partial charge in [0.05, 0.1) is 12.3 Å². The standard InChI is InChI=1S/C19H19N3O4/c1-3-26-19(25)17(13(2)23)22-21-16-11-7-8-14(12-16)18(24)20-15-9-5-4-6-10-15/h4-12,23H,3H2,1-2H3,(H,20,24)/b17-13+,22-21?. The maximum atomic E-state index is 12.3. The minimum Gasteiger partial charge on any atom is -0.510 e. The third-order valence-corrected chi connectivity index (χ3v) is 3.22. The van der Waals surface area contributed by atoms with Gasteiger partial charge in [0, 0.05) is 11.3 Å². The summed E-state index contributed by atoms with van der Waals surface area (Å²) in [6.45, 7) is 3.11. The van der Waals surface area contributed by atoms with Crippen LogP contribution in [0, 0.1) is 0 Å².